The molecule has 0 saturated heterocycles. The summed E-state index contributed by atoms with van der Waals surface area (Å²) in [5, 5.41) is 0. The van der Waals surface area contributed by atoms with Crippen molar-refractivity contribution in [2.75, 3.05) is 0 Å². The maximum Gasteiger partial charge on any atom is 0.216 e. The quantitative estimate of drug-likeness (QED) is 0.816. The Hall–Kier alpha value is -1.38. The van der Waals surface area contributed by atoms with Crippen LogP contribution in [0.5, 0.6) is 0 Å². The summed E-state index contributed by atoms with van der Waals surface area (Å²) in [5.74, 6) is -0.0521. The van der Waals surface area contributed by atoms with Crippen LogP contribution in [0.15, 0.2) is 24.3 Å². The average Bonchev–Trinajstić information content (AvgIpc) is 2.16. The Morgan fingerprint density at radius 3 is 2.31 bits per heavy atom. The molecule has 0 aliphatic heterocycles. The van der Waals surface area contributed by atoms with Gasteiger partial charge in [0.15, 0.2) is 5.69 Å². The lowest BCUT2D eigenvalue weighted by molar-refractivity contribution is 0.569. The largest absolute Gasteiger partial charge is 0.238 e. The van der Waals surface area contributed by atoms with Gasteiger partial charge in [-0.25, -0.2) is 18.0 Å². The van der Waals surface area contributed by atoms with E-state index in [1.807, 2.05) is 0 Å². The maximum atomic E-state index is 11.6. The van der Waals surface area contributed by atoms with Crippen LogP contribution >= 0.6 is 0 Å². The Labute approximate surface area is 96.2 Å². The second-order valence-electron chi connectivity index (χ2n) is 3.81. The number of rotatable bonds is 4. The molecular weight excluding hydrogens is 224 g/mol. The van der Waals surface area contributed by atoms with E-state index in [9.17, 15) is 8.42 Å². The molecule has 4 nitrogen and oxygen atoms in total. The molecule has 1 N–H and O–H groups in total. The highest BCUT2D eigenvalue weighted by molar-refractivity contribution is 7.88. The van der Waals surface area contributed by atoms with Gasteiger partial charge in [-0.05, 0) is 19.4 Å². The van der Waals surface area contributed by atoms with Gasteiger partial charge in [0.05, 0.1) is 12.3 Å². The van der Waals surface area contributed by atoms with Crippen LogP contribution in [-0.4, -0.2) is 14.5 Å². The standard InChI is InChI=1S/C11H14N2O2S/c1-9(2)13-16(14,15)8-10-4-6-11(12-3)7-5-10/h4-7,9,13H,8H2,1-2H3. The van der Waals surface area contributed by atoms with Crippen LogP contribution in [0.4, 0.5) is 5.69 Å². The molecule has 1 aromatic rings. The predicted molar refractivity (Wildman–Crippen MR) is 63.6 cm³/mol. The average molecular weight is 238 g/mol. The fraction of sp³-hybridized carbons (Fsp3) is 0.364. The van der Waals surface area contributed by atoms with E-state index in [0.29, 0.717) is 11.3 Å². The zero-order valence-electron chi connectivity index (χ0n) is 9.27. The van der Waals surface area contributed by atoms with Crippen molar-refractivity contribution in [2.24, 2.45) is 0 Å². The number of sulfonamides is 1. The Balaban J connectivity index is 2.77. The van der Waals surface area contributed by atoms with Gasteiger partial charge in [0, 0.05) is 6.04 Å². The molecule has 1 aromatic carbocycles. The van der Waals surface area contributed by atoms with Crippen LogP contribution in [0, 0.1) is 6.57 Å². The molecule has 0 spiro atoms. The zero-order valence-corrected chi connectivity index (χ0v) is 10.1. The third kappa shape index (κ3) is 4.01. The highest BCUT2D eigenvalue weighted by Gasteiger charge is 2.12. The summed E-state index contributed by atoms with van der Waals surface area (Å²) in [4.78, 5) is 3.24. The molecule has 0 bridgehead atoms. The smallest absolute Gasteiger partial charge is 0.216 e. The summed E-state index contributed by atoms with van der Waals surface area (Å²) in [5.41, 5.74) is 1.19. The summed E-state index contributed by atoms with van der Waals surface area (Å²) >= 11 is 0. The lowest BCUT2D eigenvalue weighted by Crippen LogP contribution is -2.31. The van der Waals surface area contributed by atoms with Crippen LogP contribution in [0.1, 0.15) is 19.4 Å². The van der Waals surface area contributed by atoms with Crippen molar-refractivity contribution >= 4 is 15.7 Å². The molecule has 0 radical (unpaired) electrons. The summed E-state index contributed by atoms with van der Waals surface area (Å²) in [6, 6.07) is 6.45. The number of hydrogen-bond acceptors (Lipinski definition) is 2. The fourth-order valence-corrected chi connectivity index (χ4v) is 2.72. The highest BCUT2D eigenvalue weighted by atomic mass is 32.2. The number of hydrogen-bond donors (Lipinski definition) is 1. The predicted octanol–water partition coefficient (Wildman–Crippen LogP) is 2.07. The molecule has 0 fully saturated rings. The molecular formula is C11H14N2O2S. The Kier molecular flexibility index (Phi) is 4.05. The minimum Gasteiger partial charge on any atom is -0.238 e. The topological polar surface area (TPSA) is 50.5 Å². The van der Waals surface area contributed by atoms with Gasteiger partial charge in [0.2, 0.25) is 10.0 Å². The van der Waals surface area contributed by atoms with Gasteiger partial charge < -0.3 is 0 Å². The van der Waals surface area contributed by atoms with Gasteiger partial charge in [0.1, 0.15) is 0 Å². The molecule has 0 amide bonds. The van der Waals surface area contributed by atoms with E-state index in [-0.39, 0.29) is 11.8 Å². The van der Waals surface area contributed by atoms with Crippen molar-refractivity contribution in [3.05, 3.63) is 41.2 Å². The highest BCUT2D eigenvalue weighted by Crippen LogP contribution is 2.14. The molecule has 1 rings (SSSR count). The van der Waals surface area contributed by atoms with Gasteiger partial charge in [-0.1, -0.05) is 24.3 Å². The molecule has 16 heavy (non-hydrogen) atoms. The summed E-state index contributed by atoms with van der Waals surface area (Å²) in [6.45, 7) is 10.3. The molecule has 0 heterocycles. The third-order valence-electron chi connectivity index (χ3n) is 1.84. The van der Waals surface area contributed by atoms with Gasteiger partial charge in [-0.3, -0.25) is 0 Å². The van der Waals surface area contributed by atoms with E-state index < -0.39 is 10.0 Å². The van der Waals surface area contributed by atoms with E-state index in [2.05, 4.69) is 9.57 Å². The van der Waals surface area contributed by atoms with Gasteiger partial charge in [-0.2, -0.15) is 0 Å². The lowest BCUT2D eigenvalue weighted by Gasteiger charge is -2.09. The van der Waals surface area contributed by atoms with E-state index in [1.165, 1.54) is 0 Å². The van der Waals surface area contributed by atoms with Crippen molar-refractivity contribution < 1.29 is 8.42 Å². The van der Waals surface area contributed by atoms with Crippen molar-refractivity contribution in [3.8, 4) is 0 Å². The third-order valence-corrected chi connectivity index (χ3v) is 3.38. The summed E-state index contributed by atoms with van der Waals surface area (Å²) < 4.78 is 25.7. The van der Waals surface area contributed by atoms with Gasteiger partial charge >= 0.3 is 0 Å². The van der Waals surface area contributed by atoms with Crippen molar-refractivity contribution in [1.29, 1.82) is 0 Å². The van der Waals surface area contributed by atoms with Crippen LogP contribution in [0.3, 0.4) is 0 Å². The lowest BCUT2D eigenvalue weighted by atomic mass is 10.2. The SMILES string of the molecule is [C-]#[N+]c1ccc(CS(=O)(=O)NC(C)C)cc1. The maximum absolute atomic E-state index is 11.6. The molecule has 0 aliphatic rings. The van der Waals surface area contributed by atoms with E-state index in [1.54, 1.807) is 38.1 Å². The van der Waals surface area contributed by atoms with Crippen LogP contribution in [0.25, 0.3) is 4.85 Å². The van der Waals surface area contributed by atoms with Gasteiger partial charge in [0.25, 0.3) is 0 Å². The van der Waals surface area contributed by atoms with Crippen molar-refractivity contribution in [3.63, 3.8) is 0 Å². The van der Waals surface area contributed by atoms with Crippen LogP contribution in [-0.2, 0) is 15.8 Å². The summed E-state index contributed by atoms with van der Waals surface area (Å²) in [7, 11) is -3.28. The van der Waals surface area contributed by atoms with Crippen LogP contribution in [0.2, 0.25) is 0 Å². The van der Waals surface area contributed by atoms with E-state index in [0.717, 1.165) is 0 Å². The Morgan fingerprint density at radius 2 is 1.88 bits per heavy atom. The first-order chi connectivity index (χ1) is 7.43. The minimum absolute atomic E-state index is 0.0521. The van der Waals surface area contributed by atoms with Crippen molar-refractivity contribution in [1.82, 2.24) is 4.72 Å². The summed E-state index contributed by atoms with van der Waals surface area (Å²) in [6.07, 6.45) is 0. The number of nitrogens with one attached hydrogen (secondary N) is 1. The van der Waals surface area contributed by atoms with E-state index in [4.69, 9.17) is 6.57 Å². The monoisotopic (exact) mass is 238 g/mol. The normalized spacial score (nSPS) is 11.4. The second kappa shape index (κ2) is 5.10. The first-order valence-corrected chi connectivity index (χ1v) is 6.54. The van der Waals surface area contributed by atoms with Crippen molar-refractivity contribution in [2.45, 2.75) is 25.6 Å². The Bertz CT molecular complexity index is 484. The number of nitrogens with zero attached hydrogens (tertiary/aromatic N) is 1. The Morgan fingerprint density at radius 1 is 1.31 bits per heavy atom. The molecule has 0 aromatic heterocycles. The first-order valence-electron chi connectivity index (χ1n) is 4.89. The first kappa shape index (κ1) is 12.7. The van der Waals surface area contributed by atoms with Crippen LogP contribution < -0.4 is 4.72 Å². The molecule has 0 unspecified atom stereocenters. The zero-order chi connectivity index (χ0) is 12.2. The minimum atomic E-state index is -3.28. The molecule has 0 atom stereocenters. The number of benzene rings is 1. The molecule has 0 saturated carbocycles. The van der Waals surface area contributed by atoms with E-state index >= 15 is 0 Å². The molecule has 86 valence electrons. The fourth-order valence-electron chi connectivity index (χ4n) is 1.29. The molecule has 0 aliphatic carbocycles. The molecule has 5 heteroatoms. The second-order valence-corrected chi connectivity index (χ2v) is 5.56. The van der Waals surface area contributed by atoms with Gasteiger partial charge in [-0.15, -0.1) is 0 Å².